The Hall–Kier alpha value is -1.75. The molecule has 0 saturated carbocycles. The minimum absolute atomic E-state index is 0.00226. The normalized spacial score (nSPS) is 10.6. The minimum atomic E-state index is -0.519. The molecule has 2 rings (SSSR count). The van der Waals surface area contributed by atoms with E-state index in [-0.39, 0.29) is 5.02 Å². The molecule has 0 fully saturated rings. The van der Waals surface area contributed by atoms with Crippen LogP contribution in [0.15, 0.2) is 22.7 Å². The van der Waals surface area contributed by atoms with Crippen LogP contribution in [0.1, 0.15) is 18.6 Å². The molecule has 96 valence electrons. The molecule has 0 aliphatic heterocycles. The molecule has 3 N–H and O–H groups in total. The number of hydrogen-bond donors (Lipinski definition) is 2. The van der Waals surface area contributed by atoms with Gasteiger partial charge in [0.05, 0.1) is 29.1 Å². The van der Waals surface area contributed by atoms with Gasteiger partial charge >= 0.3 is 0 Å². The Balaban J connectivity index is 2.08. The summed E-state index contributed by atoms with van der Waals surface area (Å²) < 4.78 is 18.7. The maximum absolute atomic E-state index is 13.3. The van der Waals surface area contributed by atoms with Crippen molar-refractivity contribution in [2.24, 2.45) is 0 Å². The molecule has 1 aromatic heterocycles. The Labute approximate surface area is 109 Å². The zero-order valence-electron chi connectivity index (χ0n) is 9.84. The summed E-state index contributed by atoms with van der Waals surface area (Å²) in [6, 6.07) is 2.62. The molecule has 0 bridgehead atoms. The van der Waals surface area contributed by atoms with Crippen molar-refractivity contribution >= 4 is 23.0 Å². The summed E-state index contributed by atoms with van der Waals surface area (Å²) in [5.41, 5.74) is 6.57. The van der Waals surface area contributed by atoms with Crippen LogP contribution >= 0.6 is 11.6 Å². The quantitative estimate of drug-likeness (QED) is 0.837. The van der Waals surface area contributed by atoms with E-state index in [9.17, 15) is 4.39 Å². The van der Waals surface area contributed by atoms with Crippen molar-refractivity contribution in [3.05, 3.63) is 40.8 Å². The first-order chi connectivity index (χ1) is 8.60. The highest BCUT2D eigenvalue weighted by molar-refractivity contribution is 6.31. The van der Waals surface area contributed by atoms with Crippen LogP contribution in [-0.2, 0) is 13.0 Å². The SMILES string of the molecule is CCc1cnc(CNc2cc(F)c(Cl)cc2N)o1. The summed E-state index contributed by atoms with van der Waals surface area (Å²) in [6.45, 7) is 2.32. The molecule has 0 atom stereocenters. The minimum Gasteiger partial charge on any atom is -0.444 e. The van der Waals surface area contributed by atoms with Crippen LogP contribution in [0.3, 0.4) is 0 Å². The topological polar surface area (TPSA) is 64.1 Å². The first-order valence-electron chi connectivity index (χ1n) is 5.52. The predicted molar refractivity (Wildman–Crippen MR) is 69.0 cm³/mol. The third-order valence-electron chi connectivity index (χ3n) is 2.47. The van der Waals surface area contributed by atoms with E-state index in [0.717, 1.165) is 12.2 Å². The van der Waals surface area contributed by atoms with Gasteiger partial charge in [-0.2, -0.15) is 0 Å². The second kappa shape index (κ2) is 5.27. The number of hydrogen-bond acceptors (Lipinski definition) is 4. The number of nitrogens with two attached hydrogens (primary N) is 1. The zero-order valence-corrected chi connectivity index (χ0v) is 10.6. The molecule has 0 saturated heterocycles. The van der Waals surface area contributed by atoms with Crippen molar-refractivity contribution < 1.29 is 8.81 Å². The van der Waals surface area contributed by atoms with Crippen LogP contribution in [0.25, 0.3) is 0 Å². The van der Waals surface area contributed by atoms with E-state index in [2.05, 4.69) is 10.3 Å². The van der Waals surface area contributed by atoms with Crippen LogP contribution in [-0.4, -0.2) is 4.98 Å². The number of nitrogens with one attached hydrogen (secondary N) is 1. The molecule has 18 heavy (non-hydrogen) atoms. The highest BCUT2D eigenvalue weighted by Gasteiger charge is 2.07. The van der Waals surface area contributed by atoms with Crippen molar-refractivity contribution in [1.29, 1.82) is 0 Å². The average molecular weight is 270 g/mol. The molecule has 1 heterocycles. The van der Waals surface area contributed by atoms with Crippen molar-refractivity contribution in [3.8, 4) is 0 Å². The number of rotatable bonds is 4. The van der Waals surface area contributed by atoms with Crippen LogP contribution in [0.2, 0.25) is 5.02 Å². The Kier molecular flexibility index (Phi) is 3.72. The van der Waals surface area contributed by atoms with Crippen molar-refractivity contribution in [3.63, 3.8) is 0 Å². The fraction of sp³-hybridized carbons (Fsp3) is 0.250. The van der Waals surface area contributed by atoms with Gasteiger partial charge in [0.2, 0.25) is 5.89 Å². The first-order valence-corrected chi connectivity index (χ1v) is 5.90. The van der Waals surface area contributed by atoms with E-state index in [1.165, 1.54) is 12.1 Å². The van der Waals surface area contributed by atoms with Gasteiger partial charge in [-0.05, 0) is 6.07 Å². The van der Waals surface area contributed by atoms with Crippen LogP contribution in [0.5, 0.6) is 0 Å². The fourth-order valence-electron chi connectivity index (χ4n) is 1.48. The van der Waals surface area contributed by atoms with E-state index < -0.39 is 5.82 Å². The number of nitrogen functional groups attached to an aromatic ring is 1. The monoisotopic (exact) mass is 269 g/mol. The standard InChI is InChI=1S/C12H13ClFN3O/c1-2-7-5-17-12(18-7)6-16-11-4-9(14)8(13)3-10(11)15/h3-5,16H,2,6,15H2,1H3. The van der Waals surface area contributed by atoms with Gasteiger partial charge in [0.1, 0.15) is 11.6 Å². The van der Waals surface area contributed by atoms with E-state index in [1.807, 2.05) is 6.92 Å². The summed E-state index contributed by atoms with van der Waals surface area (Å²) >= 11 is 5.61. The van der Waals surface area contributed by atoms with Gasteiger partial charge in [-0.3, -0.25) is 0 Å². The number of aromatic nitrogens is 1. The summed E-state index contributed by atoms with van der Waals surface area (Å²) in [5, 5.41) is 2.96. The Morgan fingerprint density at radius 2 is 2.28 bits per heavy atom. The molecule has 0 aliphatic carbocycles. The van der Waals surface area contributed by atoms with Gasteiger partial charge < -0.3 is 15.5 Å². The van der Waals surface area contributed by atoms with E-state index in [4.69, 9.17) is 21.8 Å². The molecule has 0 amide bonds. The lowest BCUT2D eigenvalue weighted by Crippen LogP contribution is -2.03. The third-order valence-corrected chi connectivity index (χ3v) is 2.76. The van der Waals surface area contributed by atoms with Gasteiger partial charge in [-0.15, -0.1) is 0 Å². The number of anilines is 2. The van der Waals surface area contributed by atoms with Gasteiger partial charge in [-0.1, -0.05) is 18.5 Å². The number of nitrogens with zero attached hydrogens (tertiary/aromatic N) is 1. The zero-order chi connectivity index (χ0) is 13.1. The fourth-order valence-corrected chi connectivity index (χ4v) is 1.65. The molecule has 4 nitrogen and oxygen atoms in total. The molecule has 2 aromatic rings. The van der Waals surface area contributed by atoms with Gasteiger partial charge in [-0.25, -0.2) is 9.37 Å². The van der Waals surface area contributed by atoms with Crippen molar-refractivity contribution in [1.82, 2.24) is 4.98 Å². The highest BCUT2D eigenvalue weighted by atomic mass is 35.5. The molecule has 0 radical (unpaired) electrons. The van der Waals surface area contributed by atoms with Crippen molar-refractivity contribution in [2.45, 2.75) is 19.9 Å². The number of benzene rings is 1. The second-order valence-electron chi connectivity index (χ2n) is 3.78. The highest BCUT2D eigenvalue weighted by Crippen LogP contribution is 2.26. The lowest BCUT2D eigenvalue weighted by molar-refractivity contribution is 0.466. The number of halogens is 2. The average Bonchev–Trinajstić information content (AvgIpc) is 2.80. The predicted octanol–water partition coefficient (Wildman–Crippen LogP) is 3.22. The molecule has 0 aliphatic rings. The third kappa shape index (κ3) is 2.73. The smallest absolute Gasteiger partial charge is 0.213 e. The molecule has 1 aromatic carbocycles. The Morgan fingerprint density at radius 3 is 2.94 bits per heavy atom. The summed E-state index contributed by atoms with van der Waals surface area (Å²) in [7, 11) is 0. The first kappa shape index (κ1) is 12.7. The molecule has 6 heteroatoms. The van der Waals surface area contributed by atoms with E-state index in [0.29, 0.717) is 23.8 Å². The van der Waals surface area contributed by atoms with Gasteiger partial charge in [0, 0.05) is 12.5 Å². The second-order valence-corrected chi connectivity index (χ2v) is 4.19. The molecular formula is C12H13ClFN3O. The van der Waals surface area contributed by atoms with Gasteiger partial charge in [0.15, 0.2) is 0 Å². The summed E-state index contributed by atoms with van der Waals surface area (Å²) in [6.07, 6.45) is 2.45. The number of oxazole rings is 1. The number of aryl methyl sites for hydroxylation is 1. The summed E-state index contributed by atoms with van der Waals surface area (Å²) in [4.78, 5) is 4.08. The Morgan fingerprint density at radius 1 is 1.50 bits per heavy atom. The largest absolute Gasteiger partial charge is 0.444 e. The van der Waals surface area contributed by atoms with Gasteiger partial charge in [0.25, 0.3) is 0 Å². The van der Waals surface area contributed by atoms with E-state index >= 15 is 0 Å². The summed E-state index contributed by atoms with van der Waals surface area (Å²) in [5.74, 6) is 0.818. The maximum Gasteiger partial charge on any atom is 0.213 e. The maximum atomic E-state index is 13.3. The van der Waals surface area contributed by atoms with Crippen molar-refractivity contribution in [2.75, 3.05) is 11.1 Å². The Bertz CT molecular complexity index is 556. The molecule has 0 unspecified atom stereocenters. The molecule has 0 spiro atoms. The van der Waals surface area contributed by atoms with E-state index in [1.54, 1.807) is 6.20 Å². The van der Waals surface area contributed by atoms with Crippen LogP contribution in [0.4, 0.5) is 15.8 Å². The van der Waals surface area contributed by atoms with Crippen LogP contribution < -0.4 is 11.1 Å². The molecular weight excluding hydrogens is 257 g/mol. The lowest BCUT2D eigenvalue weighted by atomic mass is 10.2. The lowest BCUT2D eigenvalue weighted by Gasteiger charge is -2.08. The van der Waals surface area contributed by atoms with Crippen LogP contribution in [0, 0.1) is 5.82 Å².